The second-order valence-corrected chi connectivity index (χ2v) is 6.47. The Balaban J connectivity index is 1.54. The van der Waals surface area contributed by atoms with Gasteiger partial charge in [0.1, 0.15) is 29.1 Å². The van der Waals surface area contributed by atoms with Crippen LogP contribution in [0.1, 0.15) is 18.2 Å². The number of hydrogen-bond acceptors (Lipinski definition) is 5. The average molecular weight is 384 g/mol. The highest BCUT2D eigenvalue weighted by atomic mass is 16.5. The van der Waals surface area contributed by atoms with Crippen molar-refractivity contribution in [1.82, 2.24) is 9.97 Å². The zero-order valence-electron chi connectivity index (χ0n) is 16.0. The largest absolute Gasteiger partial charge is 0.457 e. The molecule has 29 heavy (non-hydrogen) atoms. The molecule has 0 fully saturated rings. The van der Waals surface area contributed by atoms with Crippen LogP contribution in [-0.4, -0.2) is 16.6 Å². The summed E-state index contributed by atoms with van der Waals surface area (Å²) in [4.78, 5) is 7.51. The summed E-state index contributed by atoms with van der Waals surface area (Å²) < 4.78 is 11.3. The van der Waals surface area contributed by atoms with E-state index in [0.29, 0.717) is 30.5 Å². The van der Waals surface area contributed by atoms with Gasteiger partial charge in [0, 0.05) is 36.1 Å². The van der Waals surface area contributed by atoms with Gasteiger partial charge in [-0.2, -0.15) is 5.26 Å². The lowest BCUT2D eigenvalue weighted by atomic mass is 10.2. The first-order chi connectivity index (χ1) is 14.2. The van der Waals surface area contributed by atoms with Gasteiger partial charge in [-0.05, 0) is 48.2 Å². The Morgan fingerprint density at radius 3 is 2.69 bits per heavy atom. The van der Waals surface area contributed by atoms with Gasteiger partial charge < -0.3 is 19.8 Å². The van der Waals surface area contributed by atoms with E-state index in [4.69, 9.17) is 9.47 Å². The molecule has 0 radical (unpaired) electrons. The van der Waals surface area contributed by atoms with E-state index in [9.17, 15) is 5.26 Å². The summed E-state index contributed by atoms with van der Waals surface area (Å²) >= 11 is 0. The van der Waals surface area contributed by atoms with Gasteiger partial charge in [-0.1, -0.05) is 18.2 Å². The molecular weight excluding hydrogens is 364 g/mol. The fourth-order valence-corrected chi connectivity index (χ4v) is 2.97. The molecule has 2 aromatic heterocycles. The van der Waals surface area contributed by atoms with E-state index in [-0.39, 0.29) is 5.69 Å². The summed E-state index contributed by atoms with van der Waals surface area (Å²) in [6.07, 6.45) is 1.90. The summed E-state index contributed by atoms with van der Waals surface area (Å²) in [6.45, 7) is 3.22. The molecule has 0 amide bonds. The Labute approximate surface area is 168 Å². The van der Waals surface area contributed by atoms with Crippen molar-refractivity contribution in [2.75, 3.05) is 11.9 Å². The third-order valence-corrected chi connectivity index (χ3v) is 4.37. The van der Waals surface area contributed by atoms with Crippen molar-refractivity contribution in [3.63, 3.8) is 0 Å². The van der Waals surface area contributed by atoms with E-state index in [0.717, 1.165) is 22.2 Å². The summed E-state index contributed by atoms with van der Waals surface area (Å²) in [5.74, 6) is 1.76. The molecule has 144 valence electrons. The first-order valence-corrected chi connectivity index (χ1v) is 9.34. The number of nitriles is 1. The third-order valence-electron chi connectivity index (χ3n) is 4.37. The lowest BCUT2D eigenvalue weighted by Gasteiger charge is -2.11. The van der Waals surface area contributed by atoms with Crippen LogP contribution >= 0.6 is 0 Å². The number of aromatic nitrogens is 2. The molecule has 4 aromatic rings. The number of nitrogens with one attached hydrogen (secondary N) is 2. The van der Waals surface area contributed by atoms with Gasteiger partial charge in [-0.15, -0.1) is 0 Å². The SMILES string of the molecule is CCOCc1ccc(Oc2cc(C#N)nc(Nc3ccc4cc[nH]c4c3)c2)cc1. The predicted octanol–water partition coefficient (Wildman–Crippen LogP) is 5.51. The second-order valence-electron chi connectivity index (χ2n) is 6.47. The first-order valence-electron chi connectivity index (χ1n) is 9.34. The van der Waals surface area contributed by atoms with Crippen LogP contribution in [0.25, 0.3) is 10.9 Å². The highest BCUT2D eigenvalue weighted by Gasteiger charge is 2.07. The number of pyridine rings is 1. The van der Waals surface area contributed by atoms with Crippen molar-refractivity contribution in [2.45, 2.75) is 13.5 Å². The lowest BCUT2D eigenvalue weighted by molar-refractivity contribution is 0.134. The number of ether oxygens (including phenoxy) is 2. The Hall–Kier alpha value is -3.82. The maximum atomic E-state index is 9.34. The number of hydrogen-bond donors (Lipinski definition) is 2. The normalized spacial score (nSPS) is 10.6. The van der Waals surface area contributed by atoms with E-state index >= 15 is 0 Å². The molecule has 0 bridgehead atoms. The smallest absolute Gasteiger partial charge is 0.146 e. The van der Waals surface area contributed by atoms with Gasteiger partial charge in [0.15, 0.2) is 0 Å². The monoisotopic (exact) mass is 384 g/mol. The zero-order valence-corrected chi connectivity index (χ0v) is 16.0. The highest BCUT2D eigenvalue weighted by Crippen LogP contribution is 2.27. The Morgan fingerprint density at radius 2 is 1.90 bits per heavy atom. The Bertz CT molecular complexity index is 1160. The Morgan fingerprint density at radius 1 is 1.03 bits per heavy atom. The van der Waals surface area contributed by atoms with Crippen molar-refractivity contribution < 1.29 is 9.47 Å². The van der Waals surface area contributed by atoms with Crippen LogP contribution < -0.4 is 10.1 Å². The minimum Gasteiger partial charge on any atom is -0.457 e. The van der Waals surface area contributed by atoms with Crippen LogP contribution in [0.4, 0.5) is 11.5 Å². The number of aromatic amines is 1. The number of fused-ring (bicyclic) bond motifs is 1. The van der Waals surface area contributed by atoms with Gasteiger partial charge in [0.05, 0.1) is 6.61 Å². The van der Waals surface area contributed by atoms with Crippen molar-refractivity contribution >= 4 is 22.4 Å². The predicted molar refractivity (Wildman–Crippen MR) is 112 cm³/mol. The number of nitrogens with zero attached hydrogens (tertiary/aromatic N) is 2. The lowest BCUT2D eigenvalue weighted by Crippen LogP contribution is -1.97. The number of benzene rings is 2. The summed E-state index contributed by atoms with van der Waals surface area (Å²) in [5, 5.41) is 13.7. The molecule has 2 heterocycles. The maximum Gasteiger partial charge on any atom is 0.146 e. The van der Waals surface area contributed by atoms with E-state index in [1.807, 2.05) is 61.7 Å². The van der Waals surface area contributed by atoms with Gasteiger partial charge in [0.25, 0.3) is 0 Å². The van der Waals surface area contributed by atoms with E-state index in [1.54, 1.807) is 12.1 Å². The molecule has 0 aliphatic heterocycles. The molecule has 0 unspecified atom stereocenters. The summed E-state index contributed by atoms with van der Waals surface area (Å²) in [5.41, 5.74) is 3.25. The fourth-order valence-electron chi connectivity index (χ4n) is 2.97. The number of H-pyrrole nitrogens is 1. The fraction of sp³-hybridized carbons (Fsp3) is 0.130. The van der Waals surface area contributed by atoms with Gasteiger partial charge in [0.2, 0.25) is 0 Å². The van der Waals surface area contributed by atoms with Gasteiger partial charge >= 0.3 is 0 Å². The number of rotatable bonds is 7. The van der Waals surface area contributed by atoms with E-state index in [1.165, 1.54) is 0 Å². The minimum atomic E-state index is 0.277. The quantitative estimate of drug-likeness (QED) is 0.439. The highest BCUT2D eigenvalue weighted by molar-refractivity contribution is 5.83. The third kappa shape index (κ3) is 4.54. The molecule has 2 N–H and O–H groups in total. The minimum absolute atomic E-state index is 0.277. The average Bonchev–Trinajstić information content (AvgIpc) is 3.21. The first kappa shape index (κ1) is 18.5. The molecule has 6 heteroatoms. The zero-order chi connectivity index (χ0) is 20.1. The topological polar surface area (TPSA) is 83.0 Å². The molecule has 0 aliphatic rings. The molecule has 0 saturated carbocycles. The van der Waals surface area contributed by atoms with Crippen LogP contribution in [0.5, 0.6) is 11.5 Å². The van der Waals surface area contributed by atoms with Gasteiger partial charge in [-0.3, -0.25) is 0 Å². The summed E-state index contributed by atoms with van der Waals surface area (Å²) in [7, 11) is 0. The molecular formula is C23H20N4O2. The molecule has 6 nitrogen and oxygen atoms in total. The van der Waals surface area contributed by atoms with Crippen LogP contribution in [0.3, 0.4) is 0 Å². The maximum absolute atomic E-state index is 9.34. The van der Waals surface area contributed by atoms with Crippen molar-refractivity contribution in [2.24, 2.45) is 0 Å². The van der Waals surface area contributed by atoms with E-state index in [2.05, 4.69) is 21.4 Å². The number of anilines is 2. The van der Waals surface area contributed by atoms with Crippen molar-refractivity contribution in [3.05, 3.63) is 78.1 Å². The molecule has 0 aliphatic carbocycles. The molecule has 4 rings (SSSR count). The van der Waals surface area contributed by atoms with Crippen LogP contribution in [0.2, 0.25) is 0 Å². The summed E-state index contributed by atoms with van der Waals surface area (Å²) in [6, 6.07) is 21.1. The van der Waals surface area contributed by atoms with Crippen LogP contribution in [-0.2, 0) is 11.3 Å². The molecule has 2 aromatic carbocycles. The second kappa shape index (κ2) is 8.46. The Kier molecular flexibility index (Phi) is 5.41. The van der Waals surface area contributed by atoms with Crippen molar-refractivity contribution in [1.29, 1.82) is 5.26 Å². The van der Waals surface area contributed by atoms with Crippen molar-refractivity contribution in [3.8, 4) is 17.6 Å². The van der Waals surface area contributed by atoms with E-state index < -0.39 is 0 Å². The molecule has 0 spiro atoms. The van der Waals surface area contributed by atoms with Crippen LogP contribution in [0, 0.1) is 11.3 Å². The van der Waals surface area contributed by atoms with Crippen LogP contribution in [0.15, 0.2) is 66.9 Å². The standard InChI is InChI=1S/C23H20N4O2/c1-2-28-15-16-3-7-20(8-4-16)29-21-11-19(14-24)27-23(13-21)26-18-6-5-17-9-10-25-22(17)12-18/h3-13,25H,2,15H2,1H3,(H,26,27). The molecule has 0 saturated heterocycles. The molecule has 0 atom stereocenters. The van der Waals surface area contributed by atoms with Gasteiger partial charge in [-0.25, -0.2) is 4.98 Å².